The highest BCUT2D eigenvalue weighted by Gasteiger charge is 2.38. The molecule has 2 rings (SSSR count). The molecule has 1 aromatic carbocycles. The van der Waals surface area contributed by atoms with E-state index in [-0.39, 0.29) is 23.1 Å². The number of benzene rings is 1. The van der Waals surface area contributed by atoms with Gasteiger partial charge in [-0.1, -0.05) is 0 Å². The number of ether oxygens (including phenoxy) is 2. The number of rotatable bonds is 9. The third-order valence-corrected chi connectivity index (χ3v) is 6.02. The molecule has 1 unspecified atom stereocenters. The zero-order valence-corrected chi connectivity index (χ0v) is 15.8. The average molecular weight is 385 g/mol. The summed E-state index contributed by atoms with van der Waals surface area (Å²) in [6, 6.07) is 3.13. The summed E-state index contributed by atoms with van der Waals surface area (Å²) in [5.41, 5.74) is 0. The molecule has 144 valence electrons. The van der Waals surface area contributed by atoms with Crippen LogP contribution in [0, 0.1) is 0 Å². The van der Waals surface area contributed by atoms with E-state index in [0.29, 0.717) is 5.75 Å². The number of carbonyl (C=O) groups excluding carboxylic acids is 1. The molecule has 1 aliphatic carbocycles. The van der Waals surface area contributed by atoms with E-state index < -0.39 is 33.5 Å². The fourth-order valence-corrected chi connectivity index (χ4v) is 3.93. The minimum Gasteiger partial charge on any atom is -0.493 e. The number of carboxylic acid groups (broad SMARTS) is 1. The molecule has 26 heavy (non-hydrogen) atoms. The second-order valence-corrected chi connectivity index (χ2v) is 8.24. The lowest BCUT2D eigenvalue weighted by Crippen LogP contribution is -2.45. The van der Waals surface area contributed by atoms with Crippen molar-refractivity contribution in [3.05, 3.63) is 18.2 Å². The highest BCUT2D eigenvalue weighted by atomic mass is 32.2. The fourth-order valence-electron chi connectivity index (χ4n) is 2.69. The largest absolute Gasteiger partial charge is 0.493 e. The summed E-state index contributed by atoms with van der Waals surface area (Å²) >= 11 is 0. The van der Waals surface area contributed by atoms with Crippen molar-refractivity contribution in [1.29, 1.82) is 0 Å². The van der Waals surface area contributed by atoms with Gasteiger partial charge in [0, 0.05) is 18.5 Å². The molecule has 8 nitrogen and oxygen atoms in total. The Hall–Kier alpha value is -2.29. The summed E-state index contributed by atoms with van der Waals surface area (Å²) in [5, 5.41) is 9.15. The van der Waals surface area contributed by atoms with Crippen LogP contribution in [0.3, 0.4) is 0 Å². The van der Waals surface area contributed by atoms with Crippen LogP contribution in [0.15, 0.2) is 23.1 Å². The van der Waals surface area contributed by atoms with Gasteiger partial charge >= 0.3 is 5.97 Å². The first-order valence-electron chi connectivity index (χ1n) is 8.20. The van der Waals surface area contributed by atoms with E-state index in [1.54, 1.807) is 0 Å². The minimum atomic E-state index is -3.73. The Morgan fingerprint density at radius 1 is 1.23 bits per heavy atom. The van der Waals surface area contributed by atoms with Crippen LogP contribution in [0.4, 0.5) is 0 Å². The summed E-state index contributed by atoms with van der Waals surface area (Å²) in [6.07, 6.45) is 1.21. The Morgan fingerprint density at radius 2 is 1.85 bits per heavy atom. The van der Waals surface area contributed by atoms with Crippen LogP contribution in [0.2, 0.25) is 0 Å². The van der Waals surface area contributed by atoms with Gasteiger partial charge in [-0.3, -0.25) is 4.79 Å². The van der Waals surface area contributed by atoms with Crippen LogP contribution in [0.25, 0.3) is 0 Å². The average Bonchev–Trinajstić information content (AvgIpc) is 3.44. The van der Waals surface area contributed by atoms with E-state index in [4.69, 9.17) is 14.6 Å². The smallest absolute Gasteiger partial charge is 0.326 e. The molecule has 9 heteroatoms. The Kier molecular flexibility index (Phi) is 6.12. The Morgan fingerprint density at radius 3 is 2.35 bits per heavy atom. The lowest BCUT2D eigenvalue weighted by molar-refractivity contribution is -0.149. The molecule has 0 heterocycles. The molecular formula is C17H23NO7S. The lowest BCUT2D eigenvalue weighted by Gasteiger charge is -2.26. The first kappa shape index (κ1) is 20.0. The Labute approximate surface area is 152 Å². The zero-order chi connectivity index (χ0) is 19.5. The van der Waals surface area contributed by atoms with Crippen molar-refractivity contribution in [1.82, 2.24) is 4.90 Å². The van der Waals surface area contributed by atoms with E-state index in [1.807, 2.05) is 0 Å². The third-order valence-electron chi connectivity index (χ3n) is 4.30. The molecule has 0 aromatic heterocycles. The molecule has 1 N–H and O–H groups in total. The van der Waals surface area contributed by atoms with Gasteiger partial charge in [-0.15, -0.1) is 0 Å². The highest BCUT2D eigenvalue weighted by Crippen LogP contribution is 2.31. The maximum atomic E-state index is 12.5. The number of amides is 1. The summed E-state index contributed by atoms with van der Waals surface area (Å²) in [6.45, 7) is 1.43. The van der Waals surface area contributed by atoms with E-state index in [2.05, 4.69) is 0 Å². The maximum absolute atomic E-state index is 12.5. The molecule has 0 saturated heterocycles. The quantitative estimate of drug-likeness (QED) is 0.683. The lowest BCUT2D eigenvalue weighted by atomic mass is 10.2. The second-order valence-electron chi connectivity index (χ2n) is 6.13. The number of hydrogen-bond donors (Lipinski definition) is 1. The summed E-state index contributed by atoms with van der Waals surface area (Å²) in [5.74, 6) is -1.30. The Balaban J connectivity index is 2.12. The molecule has 1 saturated carbocycles. The number of hydrogen-bond acceptors (Lipinski definition) is 6. The molecule has 1 amide bonds. The number of methoxy groups -OCH3 is 2. The van der Waals surface area contributed by atoms with E-state index >= 15 is 0 Å². The summed E-state index contributed by atoms with van der Waals surface area (Å²) < 4.78 is 35.2. The number of nitrogens with zero attached hydrogens (tertiary/aromatic N) is 1. The van der Waals surface area contributed by atoms with Crippen LogP contribution in [-0.2, 0) is 19.4 Å². The topological polar surface area (TPSA) is 110 Å². The van der Waals surface area contributed by atoms with Gasteiger partial charge in [-0.05, 0) is 31.9 Å². The molecule has 1 aromatic rings. The Bertz CT molecular complexity index is 786. The maximum Gasteiger partial charge on any atom is 0.326 e. The van der Waals surface area contributed by atoms with Crippen molar-refractivity contribution in [2.45, 2.75) is 43.2 Å². The molecule has 1 aliphatic rings. The second kappa shape index (κ2) is 7.94. The van der Waals surface area contributed by atoms with Gasteiger partial charge in [-0.2, -0.15) is 0 Å². The molecule has 0 bridgehead atoms. The predicted octanol–water partition coefficient (Wildman–Crippen LogP) is 1.33. The van der Waals surface area contributed by atoms with Crippen LogP contribution >= 0.6 is 0 Å². The van der Waals surface area contributed by atoms with Crippen molar-refractivity contribution < 1.29 is 32.6 Å². The van der Waals surface area contributed by atoms with Gasteiger partial charge in [0.15, 0.2) is 21.3 Å². The number of carboxylic acids is 1. The van der Waals surface area contributed by atoms with Gasteiger partial charge in [0.1, 0.15) is 6.04 Å². The molecule has 1 atom stereocenters. The summed E-state index contributed by atoms with van der Waals surface area (Å²) in [4.78, 5) is 24.9. The van der Waals surface area contributed by atoms with E-state index in [1.165, 1.54) is 44.2 Å². The first-order chi connectivity index (χ1) is 12.2. The minimum absolute atomic E-state index is 0.0206. The standard InChI is InChI=1S/C17H23NO7S/c1-11(17(20)21)18(12-4-5-12)16(19)8-9-26(22,23)13-6-7-14(24-2)15(10-13)25-3/h6-7,10-12H,4-5,8-9H2,1-3H3,(H,20,21). The van der Waals surface area contributed by atoms with Gasteiger partial charge in [-0.25, -0.2) is 13.2 Å². The van der Waals surface area contributed by atoms with Gasteiger partial charge < -0.3 is 19.5 Å². The molecule has 0 aliphatic heterocycles. The fraction of sp³-hybridized carbons (Fsp3) is 0.529. The van der Waals surface area contributed by atoms with Gasteiger partial charge in [0.25, 0.3) is 0 Å². The van der Waals surface area contributed by atoms with E-state index in [9.17, 15) is 18.0 Å². The number of aliphatic carboxylic acids is 1. The van der Waals surface area contributed by atoms with Gasteiger partial charge in [0.05, 0.1) is 24.9 Å². The van der Waals surface area contributed by atoms with Crippen LogP contribution in [0.5, 0.6) is 11.5 Å². The van der Waals surface area contributed by atoms with Crippen molar-refractivity contribution in [3.63, 3.8) is 0 Å². The molecular weight excluding hydrogens is 362 g/mol. The molecule has 0 spiro atoms. The first-order valence-corrected chi connectivity index (χ1v) is 9.85. The summed E-state index contributed by atoms with van der Waals surface area (Å²) in [7, 11) is -0.882. The molecule has 0 radical (unpaired) electrons. The number of sulfone groups is 1. The van der Waals surface area contributed by atoms with E-state index in [0.717, 1.165) is 12.8 Å². The number of carbonyl (C=O) groups is 2. The van der Waals surface area contributed by atoms with Crippen molar-refractivity contribution in [2.75, 3.05) is 20.0 Å². The monoisotopic (exact) mass is 385 g/mol. The van der Waals surface area contributed by atoms with Crippen LogP contribution < -0.4 is 9.47 Å². The zero-order valence-electron chi connectivity index (χ0n) is 15.0. The molecule has 1 fully saturated rings. The van der Waals surface area contributed by atoms with Crippen LogP contribution in [-0.4, -0.2) is 62.4 Å². The normalized spacial score (nSPS) is 15.2. The van der Waals surface area contributed by atoms with Crippen molar-refractivity contribution in [3.8, 4) is 11.5 Å². The predicted molar refractivity (Wildman–Crippen MR) is 93.2 cm³/mol. The van der Waals surface area contributed by atoms with Crippen molar-refractivity contribution in [2.24, 2.45) is 0 Å². The van der Waals surface area contributed by atoms with Gasteiger partial charge in [0.2, 0.25) is 5.91 Å². The highest BCUT2D eigenvalue weighted by molar-refractivity contribution is 7.91. The van der Waals surface area contributed by atoms with Crippen LogP contribution in [0.1, 0.15) is 26.2 Å². The third kappa shape index (κ3) is 4.46. The SMILES string of the molecule is COc1ccc(S(=O)(=O)CCC(=O)N(C2CC2)C(C)C(=O)O)cc1OC. The van der Waals surface area contributed by atoms with Crippen molar-refractivity contribution >= 4 is 21.7 Å².